The number of benzene rings is 1. The van der Waals surface area contributed by atoms with E-state index in [-0.39, 0.29) is 17.1 Å². The standard InChI is InChI=1S/C10H9BrO4/c1-5(12)9(11)7-3-2-6(13)4-8(7)10(14)15/h2-4,9,13H,1H3,(H,14,15). The number of phenols is 1. The molecule has 1 aromatic rings. The van der Waals surface area contributed by atoms with Gasteiger partial charge in [-0.25, -0.2) is 4.79 Å². The Morgan fingerprint density at radius 1 is 1.40 bits per heavy atom. The lowest BCUT2D eigenvalue weighted by atomic mass is 10.0. The van der Waals surface area contributed by atoms with Crippen molar-refractivity contribution in [3.05, 3.63) is 29.3 Å². The van der Waals surface area contributed by atoms with Crippen LogP contribution < -0.4 is 0 Å². The maximum atomic E-state index is 11.1. The van der Waals surface area contributed by atoms with E-state index in [4.69, 9.17) is 10.2 Å². The van der Waals surface area contributed by atoms with Crippen LogP contribution in [-0.2, 0) is 4.79 Å². The van der Waals surface area contributed by atoms with Crippen LogP contribution in [0, 0.1) is 0 Å². The minimum absolute atomic E-state index is 0.0768. The number of aromatic hydroxyl groups is 1. The average Bonchev–Trinajstić information content (AvgIpc) is 2.16. The third kappa shape index (κ3) is 2.56. The summed E-state index contributed by atoms with van der Waals surface area (Å²) >= 11 is 3.10. The van der Waals surface area contributed by atoms with Gasteiger partial charge in [0.15, 0.2) is 0 Å². The van der Waals surface area contributed by atoms with Crippen molar-refractivity contribution < 1.29 is 19.8 Å². The molecule has 0 aliphatic heterocycles. The Morgan fingerprint density at radius 3 is 2.47 bits per heavy atom. The number of Topliss-reactive ketones (excluding diaryl/α,β-unsaturated/α-hetero) is 1. The van der Waals surface area contributed by atoms with E-state index in [1.54, 1.807) is 0 Å². The zero-order valence-corrected chi connectivity index (χ0v) is 9.48. The fourth-order valence-electron chi connectivity index (χ4n) is 1.17. The number of alkyl halides is 1. The first-order chi connectivity index (χ1) is 6.93. The third-order valence-electron chi connectivity index (χ3n) is 1.90. The lowest BCUT2D eigenvalue weighted by molar-refractivity contribution is -0.116. The van der Waals surface area contributed by atoms with Crippen molar-refractivity contribution in [3.8, 4) is 5.75 Å². The second-order valence-electron chi connectivity index (χ2n) is 3.05. The number of hydrogen-bond donors (Lipinski definition) is 2. The number of aromatic carboxylic acids is 1. The molecule has 0 saturated carbocycles. The summed E-state index contributed by atoms with van der Waals surface area (Å²) in [6.07, 6.45) is 0. The van der Waals surface area contributed by atoms with Crippen LogP contribution in [0.1, 0.15) is 27.7 Å². The molecule has 0 aliphatic rings. The topological polar surface area (TPSA) is 74.6 Å². The molecule has 0 heterocycles. The lowest BCUT2D eigenvalue weighted by Gasteiger charge is -2.10. The number of carbonyl (C=O) groups excluding carboxylic acids is 1. The maximum absolute atomic E-state index is 11.1. The molecule has 0 aromatic heterocycles. The van der Waals surface area contributed by atoms with Gasteiger partial charge in [0.05, 0.1) is 10.4 Å². The molecule has 0 aliphatic carbocycles. The predicted octanol–water partition coefficient (Wildman–Crippen LogP) is 2.12. The summed E-state index contributed by atoms with van der Waals surface area (Å²) in [6.45, 7) is 1.36. The first kappa shape index (κ1) is 11.7. The summed E-state index contributed by atoms with van der Waals surface area (Å²) in [5, 5.41) is 18.0. The number of carboxylic acid groups (broad SMARTS) is 1. The number of hydrogen-bond acceptors (Lipinski definition) is 3. The average molecular weight is 273 g/mol. The van der Waals surface area contributed by atoms with Crippen LogP contribution in [0.25, 0.3) is 0 Å². The molecule has 0 spiro atoms. The highest BCUT2D eigenvalue weighted by Crippen LogP contribution is 2.29. The van der Waals surface area contributed by atoms with Gasteiger partial charge in [0, 0.05) is 0 Å². The minimum Gasteiger partial charge on any atom is -0.508 e. The Bertz CT molecular complexity index is 414. The molecular weight excluding hydrogens is 264 g/mol. The van der Waals surface area contributed by atoms with Gasteiger partial charge in [-0.15, -0.1) is 0 Å². The molecule has 5 heteroatoms. The molecule has 1 unspecified atom stereocenters. The van der Waals surface area contributed by atoms with Crippen molar-refractivity contribution in [1.29, 1.82) is 0 Å². The summed E-state index contributed by atoms with van der Waals surface area (Å²) in [5.74, 6) is -1.51. The summed E-state index contributed by atoms with van der Waals surface area (Å²) in [7, 11) is 0. The molecular formula is C10H9BrO4. The number of phenolic OH excluding ortho intramolecular Hbond substituents is 1. The van der Waals surface area contributed by atoms with Gasteiger partial charge < -0.3 is 10.2 Å². The number of ketones is 1. The highest BCUT2D eigenvalue weighted by molar-refractivity contribution is 9.09. The van der Waals surface area contributed by atoms with Crippen LogP contribution >= 0.6 is 15.9 Å². The molecule has 0 amide bonds. The Morgan fingerprint density at radius 2 is 2.00 bits per heavy atom. The van der Waals surface area contributed by atoms with E-state index in [1.165, 1.54) is 19.1 Å². The summed E-state index contributed by atoms with van der Waals surface area (Å²) in [6, 6.07) is 3.88. The molecule has 80 valence electrons. The van der Waals surface area contributed by atoms with Crippen LogP contribution in [0.2, 0.25) is 0 Å². The number of carboxylic acids is 1. The molecule has 1 atom stereocenters. The molecule has 0 radical (unpaired) electrons. The lowest BCUT2D eigenvalue weighted by Crippen LogP contribution is -2.08. The summed E-state index contributed by atoms with van der Waals surface area (Å²) < 4.78 is 0. The highest BCUT2D eigenvalue weighted by Gasteiger charge is 2.20. The minimum atomic E-state index is -1.17. The quantitative estimate of drug-likeness (QED) is 0.827. The normalized spacial score (nSPS) is 12.1. The van der Waals surface area contributed by atoms with Gasteiger partial charge in [-0.1, -0.05) is 22.0 Å². The fraction of sp³-hybridized carbons (Fsp3) is 0.200. The van der Waals surface area contributed by atoms with Gasteiger partial charge in [0.1, 0.15) is 11.5 Å². The zero-order valence-electron chi connectivity index (χ0n) is 7.90. The van der Waals surface area contributed by atoms with Crippen molar-refractivity contribution in [2.24, 2.45) is 0 Å². The largest absolute Gasteiger partial charge is 0.508 e. The van der Waals surface area contributed by atoms with Crippen molar-refractivity contribution in [2.45, 2.75) is 11.8 Å². The molecule has 1 aromatic carbocycles. The molecule has 0 bridgehead atoms. The van der Waals surface area contributed by atoms with E-state index in [2.05, 4.69) is 15.9 Å². The van der Waals surface area contributed by atoms with Gasteiger partial charge >= 0.3 is 5.97 Å². The van der Waals surface area contributed by atoms with E-state index in [9.17, 15) is 9.59 Å². The van der Waals surface area contributed by atoms with Crippen molar-refractivity contribution >= 4 is 27.7 Å². The van der Waals surface area contributed by atoms with Crippen LogP contribution in [-0.4, -0.2) is 22.0 Å². The molecule has 0 saturated heterocycles. The number of rotatable bonds is 3. The van der Waals surface area contributed by atoms with E-state index < -0.39 is 10.8 Å². The molecule has 0 fully saturated rings. The van der Waals surface area contributed by atoms with Crippen LogP contribution in [0.5, 0.6) is 5.75 Å². The molecule has 4 nitrogen and oxygen atoms in total. The Kier molecular flexibility index (Phi) is 3.47. The zero-order chi connectivity index (χ0) is 11.6. The smallest absolute Gasteiger partial charge is 0.336 e. The van der Waals surface area contributed by atoms with Crippen LogP contribution in [0.3, 0.4) is 0 Å². The van der Waals surface area contributed by atoms with Gasteiger partial charge in [-0.3, -0.25) is 4.79 Å². The molecule has 15 heavy (non-hydrogen) atoms. The van der Waals surface area contributed by atoms with Gasteiger partial charge in [-0.2, -0.15) is 0 Å². The fourth-order valence-corrected chi connectivity index (χ4v) is 1.57. The Hall–Kier alpha value is -1.36. The highest BCUT2D eigenvalue weighted by atomic mass is 79.9. The van der Waals surface area contributed by atoms with Crippen LogP contribution in [0.15, 0.2) is 18.2 Å². The summed E-state index contributed by atoms with van der Waals surface area (Å²) in [5.41, 5.74) is 0.264. The van der Waals surface area contributed by atoms with Gasteiger partial charge in [0.2, 0.25) is 0 Å². The van der Waals surface area contributed by atoms with Crippen molar-refractivity contribution in [2.75, 3.05) is 0 Å². The second-order valence-corrected chi connectivity index (χ2v) is 3.97. The van der Waals surface area contributed by atoms with E-state index >= 15 is 0 Å². The van der Waals surface area contributed by atoms with Gasteiger partial charge in [-0.05, 0) is 24.6 Å². The monoisotopic (exact) mass is 272 g/mol. The Labute approximate surface area is 94.7 Å². The van der Waals surface area contributed by atoms with Crippen molar-refractivity contribution in [3.63, 3.8) is 0 Å². The van der Waals surface area contributed by atoms with E-state index in [0.29, 0.717) is 5.56 Å². The summed E-state index contributed by atoms with van der Waals surface area (Å²) in [4.78, 5) is 21.3. The first-order valence-electron chi connectivity index (χ1n) is 4.14. The molecule has 1 rings (SSSR count). The number of carbonyl (C=O) groups is 2. The maximum Gasteiger partial charge on any atom is 0.336 e. The first-order valence-corrected chi connectivity index (χ1v) is 5.05. The van der Waals surface area contributed by atoms with Crippen LogP contribution in [0.4, 0.5) is 0 Å². The Balaban J connectivity index is 3.28. The van der Waals surface area contributed by atoms with Crippen molar-refractivity contribution in [1.82, 2.24) is 0 Å². The van der Waals surface area contributed by atoms with E-state index in [0.717, 1.165) is 6.07 Å². The molecule has 2 N–H and O–H groups in total. The second kappa shape index (κ2) is 4.44. The SMILES string of the molecule is CC(=O)C(Br)c1ccc(O)cc1C(=O)O. The third-order valence-corrected chi connectivity index (χ3v) is 3.04. The van der Waals surface area contributed by atoms with E-state index in [1.807, 2.05) is 0 Å². The number of halogens is 1. The van der Waals surface area contributed by atoms with Gasteiger partial charge in [0.25, 0.3) is 0 Å². The predicted molar refractivity (Wildman–Crippen MR) is 57.4 cm³/mol.